The van der Waals surface area contributed by atoms with E-state index in [1.54, 1.807) is 17.3 Å². The predicted octanol–water partition coefficient (Wildman–Crippen LogP) is 1.51. The van der Waals surface area contributed by atoms with E-state index in [0.717, 1.165) is 19.3 Å². The molecule has 0 saturated carbocycles. The summed E-state index contributed by atoms with van der Waals surface area (Å²) in [5.41, 5.74) is 1.19. The van der Waals surface area contributed by atoms with E-state index < -0.39 is 5.79 Å². The van der Waals surface area contributed by atoms with Gasteiger partial charge in [0.2, 0.25) is 0 Å². The molecule has 0 bridgehead atoms. The first-order chi connectivity index (χ1) is 10.7. The lowest BCUT2D eigenvalue weighted by Gasteiger charge is -2.39. The molecule has 22 heavy (non-hydrogen) atoms. The molecule has 0 radical (unpaired) electrons. The van der Waals surface area contributed by atoms with E-state index in [0.29, 0.717) is 32.8 Å². The van der Waals surface area contributed by atoms with E-state index in [9.17, 15) is 4.79 Å². The van der Waals surface area contributed by atoms with Crippen molar-refractivity contribution in [3.05, 3.63) is 30.1 Å². The van der Waals surface area contributed by atoms with Crippen molar-refractivity contribution in [1.82, 2.24) is 14.8 Å². The zero-order valence-corrected chi connectivity index (χ0v) is 13.0. The average molecular weight is 305 g/mol. The van der Waals surface area contributed by atoms with Gasteiger partial charge < -0.3 is 19.3 Å². The fraction of sp³-hybridized carbons (Fsp3) is 0.625. The number of piperidine rings is 1. The van der Waals surface area contributed by atoms with Gasteiger partial charge in [-0.25, -0.2) is 4.79 Å². The van der Waals surface area contributed by atoms with Gasteiger partial charge in [-0.15, -0.1) is 0 Å². The largest absolute Gasteiger partial charge is 0.347 e. The van der Waals surface area contributed by atoms with Crippen LogP contribution in [-0.4, -0.2) is 66.5 Å². The molecule has 0 atom stereocenters. The molecule has 1 aromatic rings. The van der Waals surface area contributed by atoms with Crippen molar-refractivity contribution >= 4 is 6.03 Å². The first-order valence-electron chi connectivity index (χ1n) is 7.85. The Morgan fingerprint density at radius 3 is 2.55 bits per heavy atom. The topological polar surface area (TPSA) is 54.9 Å². The molecule has 3 heterocycles. The monoisotopic (exact) mass is 305 g/mol. The number of rotatable bonds is 3. The lowest BCUT2D eigenvalue weighted by Crippen LogP contribution is -2.50. The molecule has 2 saturated heterocycles. The number of hydrogen-bond acceptors (Lipinski definition) is 4. The third-order valence-electron chi connectivity index (χ3n) is 4.42. The standard InChI is InChI=1S/C16H23N3O3/c1-18(9-4-14-2-7-17-8-3-14)15(20)19-10-5-16(6-11-19)21-12-13-22-16/h2-3,7-8H,4-6,9-13H2,1H3. The summed E-state index contributed by atoms with van der Waals surface area (Å²) in [7, 11) is 1.86. The van der Waals surface area contributed by atoms with Crippen LogP contribution in [0, 0.1) is 0 Å². The minimum Gasteiger partial charge on any atom is -0.347 e. The number of ether oxygens (including phenoxy) is 2. The van der Waals surface area contributed by atoms with Crippen LogP contribution in [0.25, 0.3) is 0 Å². The van der Waals surface area contributed by atoms with Crippen LogP contribution in [0.2, 0.25) is 0 Å². The molecule has 2 fully saturated rings. The molecule has 2 aliphatic rings. The number of carbonyl (C=O) groups is 1. The summed E-state index contributed by atoms with van der Waals surface area (Å²) in [5.74, 6) is -0.424. The van der Waals surface area contributed by atoms with Gasteiger partial charge in [0.15, 0.2) is 5.79 Å². The van der Waals surface area contributed by atoms with Gasteiger partial charge >= 0.3 is 6.03 Å². The zero-order valence-electron chi connectivity index (χ0n) is 13.0. The molecule has 2 amide bonds. The number of aromatic nitrogens is 1. The van der Waals surface area contributed by atoms with Gasteiger partial charge in [0, 0.05) is 51.9 Å². The van der Waals surface area contributed by atoms with Crippen molar-refractivity contribution in [3.8, 4) is 0 Å². The summed E-state index contributed by atoms with van der Waals surface area (Å²) in [6.07, 6.45) is 5.92. The van der Waals surface area contributed by atoms with Gasteiger partial charge in [-0.1, -0.05) is 0 Å². The van der Waals surface area contributed by atoms with Crippen LogP contribution >= 0.6 is 0 Å². The van der Waals surface area contributed by atoms with E-state index in [1.165, 1.54) is 5.56 Å². The maximum atomic E-state index is 12.5. The number of urea groups is 1. The van der Waals surface area contributed by atoms with Crippen molar-refractivity contribution in [2.45, 2.75) is 25.0 Å². The summed E-state index contributed by atoms with van der Waals surface area (Å²) < 4.78 is 11.4. The normalized spacial score (nSPS) is 20.3. The van der Waals surface area contributed by atoms with Gasteiger partial charge in [-0.2, -0.15) is 0 Å². The minimum atomic E-state index is -0.424. The molecule has 0 aromatic carbocycles. The summed E-state index contributed by atoms with van der Waals surface area (Å²) in [6.45, 7) is 3.42. The maximum absolute atomic E-state index is 12.5. The molecule has 1 aromatic heterocycles. The number of carbonyl (C=O) groups excluding carboxylic acids is 1. The van der Waals surface area contributed by atoms with Crippen LogP contribution in [0.3, 0.4) is 0 Å². The van der Waals surface area contributed by atoms with Gasteiger partial charge in [0.25, 0.3) is 0 Å². The molecule has 3 rings (SSSR count). The average Bonchev–Trinajstić information content (AvgIpc) is 3.02. The quantitative estimate of drug-likeness (QED) is 0.849. The Morgan fingerprint density at radius 2 is 1.91 bits per heavy atom. The SMILES string of the molecule is CN(CCc1ccncc1)C(=O)N1CCC2(CC1)OCCO2. The fourth-order valence-corrected chi connectivity index (χ4v) is 3.01. The van der Waals surface area contributed by atoms with Crippen molar-refractivity contribution in [3.63, 3.8) is 0 Å². The lowest BCUT2D eigenvalue weighted by molar-refractivity contribution is -0.181. The summed E-state index contributed by atoms with van der Waals surface area (Å²) in [4.78, 5) is 20.2. The van der Waals surface area contributed by atoms with E-state index in [2.05, 4.69) is 4.98 Å². The fourth-order valence-electron chi connectivity index (χ4n) is 3.01. The second-order valence-corrected chi connectivity index (χ2v) is 5.90. The number of likely N-dealkylation sites (tertiary alicyclic amines) is 1. The van der Waals surface area contributed by atoms with Crippen molar-refractivity contribution in [2.75, 3.05) is 39.9 Å². The number of hydrogen-bond donors (Lipinski definition) is 0. The Morgan fingerprint density at radius 1 is 1.27 bits per heavy atom. The second kappa shape index (κ2) is 6.62. The summed E-state index contributed by atoms with van der Waals surface area (Å²) in [5, 5.41) is 0. The van der Waals surface area contributed by atoms with Crippen LogP contribution in [0.4, 0.5) is 4.79 Å². The highest BCUT2D eigenvalue weighted by Crippen LogP contribution is 2.31. The van der Waals surface area contributed by atoms with Crippen LogP contribution in [-0.2, 0) is 15.9 Å². The third kappa shape index (κ3) is 3.39. The van der Waals surface area contributed by atoms with Crippen LogP contribution < -0.4 is 0 Å². The second-order valence-electron chi connectivity index (χ2n) is 5.90. The van der Waals surface area contributed by atoms with Crippen molar-refractivity contribution in [1.29, 1.82) is 0 Å². The molecule has 2 aliphatic heterocycles. The van der Waals surface area contributed by atoms with Gasteiger partial charge in [0.1, 0.15) is 0 Å². The Kier molecular flexibility index (Phi) is 4.59. The Hall–Kier alpha value is -1.66. The molecule has 0 N–H and O–H groups in total. The van der Waals surface area contributed by atoms with Crippen LogP contribution in [0.5, 0.6) is 0 Å². The van der Waals surface area contributed by atoms with Crippen molar-refractivity contribution in [2.24, 2.45) is 0 Å². The van der Waals surface area contributed by atoms with Gasteiger partial charge in [-0.3, -0.25) is 4.98 Å². The number of likely N-dealkylation sites (N-methyl/N-ethyl adjacent to an activating group) is 1. The molecule has 6 nitrogen and oxygen atoms in total. The molecule has 0 unspecified atom stereocenters. The Labute approximate surface area is 131 Å². The number of amides is 2. The van der Waals surface area contributed by atoms with E-state index >= 15 is 0 Å². The molecule has 120 valence electrons. The minimum absolute atomic E-state index is 0.0851. The smallest absolute Gasteiger partial charge is 0.319 e. The zero-order chi connectivity index (χ0) is 15.4. The van der Waals surface area contributed by atoms with E-state index in [4.69, 9.17) is 9.47 Å². The Bertz CT molecular complexity index is 493. The van der Waals surface area contributed by atoms with E-state index in [-0.39, 0.29) is 6.03 Å². The van der Waals surface area contributed by atoms with Gasteiger partial charge in [-0.05, 0) is 24.1 Å². The highest BCUT2D eigenvalue weighted by atomic mass is 16.7. The summed E-state index contributed by atoms with van der Waals surface area (Å²) in [6, 6.07) is 4.05. The number of pyridine rings is 1. The summed E-state index contributed by atoms with van der Waals surface area (Å²) >= 11 is 0. The Balaban J connectivity index is 1.47. The van der Waals surface area contributed by atoms with Gasteiger partial charge in [0.05, 0.1) is 13.2 Å². The van der Waals surface area contributed by atoms with Crippen LogP contribution in [0.1, 0.15) is 18.4 Å². The molecule has 0 aliphatic carbocycles. The molecule has 6 heteroatoms. The maximum Gasteiger partial charge on any atom is 0.319 e. The first kappa shape index (κ1) is 15.2. The molecular formula is C16H23N3O3. The molecular weight excluding hydrogens is 282 g/mol. The predicted molar refractivity (Wildman–Crippen MR) is 81.4 cm³/mol. The third-order valence-corrected chi connectivity index (χ3v) is 4.42. The highest BCUT2D eigenvalue weighted by molar-refractivity contribution is 5.74. The lowest BCUT2D eigenvalue weighted by atomic mass is 10.0. The first-order valence-corrected chi connectivity index (χ1v) is 7.85. The van der Waals surface area contributed by atoms with Crippen molar-refractivity contribution < 1.29 is 14.3 Å². The van der Waals surface area contributed by atoms with Crippen LogP contribution in [0.15, 0.2) is 24.5 Å². The molecule has 1 spiro atoms. The number of nitrogens with zero attached hydrogens (tertiary/aromatic N) is 3. The van der Waals surface area contributed by atoms with E-state index in [1.807, 2.05) is 24.1 Å². The highest BCUT2D eigenvalue weighted by Gasteiger charge is 2.41.